The van der Waals surface area contributed by atoms with Gasteiger partial charge in [0.2, 0.25) is 5.91 Å². The van der Waals surface area contributed by atoms with E-state index in [1.165, 1.54) is 0 Å². The Kier molecular flexibility index (Phi) is 5.81. The van der Waals surface area contributed by atoms with Crippen molar-refractivity contribution in [2.75, 3.05) is 33.7 Å². The molecular formula is C15H31N3O. The Bertz CT molecular complexity index is 294. The van der Waals surface area contributed by atoms with Gasteiger partial charge in [0.05, 0.1) is 5.54 Å². The van der Waals surface area contributed by atoms with Crippen LogP contribution in [0, 0.1) is 5.41 Å². The van der Waals surface area contributed by atoms with Gasteiger partial charge < -0.3 is 15.5 Å². The first kappa shape index (κ1) is 16.4. The quantitative estimate of drug-likeness (QED) is 0.738. The molecular weight excluding hydrogens is 238 g/mol. The topological polar surface area (TPSA) is 44.4 Å². The van der Waals surface area contributed by atoms with Crippen LogP contribution >= 0.6 is 0 Å². The van der Waals surface area contributed by atoms with Crippen LogP contribution in [0.4, 0.5) is 0 Å². The highest BCUT2D eigenvalue weighted by atomic mass is 16.2. The zero-order chi connectivity index (χ0) is 14.5. The van der Waals surface area contributed by atoms with Gasteiger partial charge in [-0.25, -0.2) is 0 Å². The smallest absolute Gasteiger partial charge is 0.240 e. The first-order valence-corrected chi connectivity index (χ1v) is 7.49. The van der Waals surface area contributed by atoms with Crippen LogP contribution in [-0.4, -0.2) is 50.1 Å². The number of amides is 1. The highest BCUT2D eigenvalue weighted by Crippen LogP contribution is 2.25. The molecule has 1 unspecified atom stereocenters. The summed E-state index contributed by atoms with van der Waals surface area (Å²) in [6, 6.07) is 0. The van der Waals surface area contributed by atoms with Crippen molar-refractivity contribution in [1.82, 2.24) is 15.5 Å². The predicted octanol–water partition coefficient (Wildman–Crippen LogP) is 1.61. The zero-order valence-corrected chi connectivity index (χ0v) is 13.3. The number of nitrogens with zero attached hydrogens (tertiary/aromatic N) is 1. The molecule has 0 aromatic rings. The maximum absolute atomic E-state index is 12.5. The molecule has 1 fully saturated rings. The van der Waals surface area contributed by atoms with Crippen LogP contribution in [0.1, 0.15) is 46.5 Å². The molecule has 1 amide bonds. The Morgan fingerprint density at radius 3 is 2.58 bits per heavy atom. The number of carbonyl (C=O) groups is 1. The third kappa shape index (κ3) is 4.77. The SMILES string of the molecule is CCCC1(C(=O)NCC(C)(C)CN(C)C)CCCN1. The van der Waals surface area contributed by atoms with Gasteiger partial charge in [0, 0.05) is 13.1 Å². The Morgan fingerprint density at radius 2 is 2.11 bits per heavy atom. The van der Waals surface area contributed by atoms with E-state index in [2.05, 4.69) is 50.4 Å². The molecule has 0 saturated carbocycles. The van der Waals surface area contributed by atoms with E-state index >= 15 is 0 Å². The van der Waals surface area contributed by atoms with E-state index in [-0.39, 0.29) is 16.9 Å². The van der Waals surface area contributed by atoms with Gasteiger partial charge in [-0.15, -0.1) is 0 Å². The van der Waals surface area contributed by atoms with Crippen LogP contribution in [0.15, 0.2) is 0 Å². The lowest BCUT2D eigenvalue weighted by atomic mass is 9.89. The number of hydrogen-bond acceptors (Lipinski definition) is 3. The molecule has 0 spiro atoms. The summed E-state index contributed by atoms with van der Waals surface area (Å²) in [6.45, 7) is 9.21. The van der Waals surface area contributed by atoms with Crippen molar-refractivity contribution in [1.29, 1.82) is 0 Å². The molecule has 0 radical (unpaired) electrons. The Balaban J connectivity index is 2.53. The lowest BCUT2D eigenvalue weighted by Crippen LogP contribution is -2.55. The fourth-order valence-corrected chi connectivity index (χ4v) is 3.15. The first-order chi connectivity index (χ1) is 8.81. The molecule has 19 heavy (non-hydrogen) atoms. The van der Waals surface area contributed by atoms with Crippen LogP contribution < -0.4 is 10.6 Å². The standard InChI is InChI=1S/C15H31N3O/c1-6-8-15(9-7-10-17-15)13(19)16-11-14(2,3)12-18(4)5/h17H,6-12H2,1-5H3,(H,16,19). The van der Waals surface area contributed by atoms with E-state index in [9.17, 15) is 4.79 Å². The van der Waals surface area contributed by atoms with E-state index in [0.29, 0.717) is 0 Å². The van der Waals surface area contributed by atoms with Crippen LogP contribution in [0.2, 0.25) is 0 Å². The van der Waals surface area contributed by atoms with E-state index in [1.54, 1.807) is 0 Å². The van der Waals surface area contributed by atoms with Crippen LogP contribution in [0.5, 0.6) is 0 Å². The molecule has 4 nitrogen and oxygen atoms in total. The Hall–Kier alpha value is -0.610. The summed E-state index contributed by atoms with van der Waals surface area (Å²) < 4.78 is 0. The monoisotopic (exact) mass is 269 g/mol. The maximum Gasteiger partial charge on any atom is 0.240 e. The molecule has 0 aromatic heterocycles. The van der Waals surface area contributed by atoms with Crippen molar-refractivity contribution in [3.8, 4) is 0 Å². The molecule has 1 aliphatic rings. The first-order valence-electron chi connectivity index (χ1n) is 7.49. The predicted molar refractivity (Wildman–Crippen MR) is 80.2 cm³/mol. The third-order valence-electron chi connectivity index (χ3n) is 3.83. The zero-order valence-electron chi connectivity index (χ0n) is 13.3. The molecule has 1 saturated heterocycles. The van der Waals surface area contributed by atoms with Gasteiger partial charge in [-0.2, -0.15) is 0 Å². The van der Waals surface area contributed by atoms with Crippen molar-refractivity contribution < 1.29 is 4.79 Å². The normalized spacial score (nSPS) is 23.9. The highest BCUT2D eigenvalue weighted by molar-refractivity contribution is 5.86. The lowest BCUT2D eigenvalue weighted by molar-refractivity contribution is -0.128. The second kappa shape index (κ2) is 6.71. The van der Waals surface area contributed by atoms with Crippen molar-refractivity contribution >= 4 is 5.91 Å². The molecule has 1 rings (SSSR count). The largest absolute Gasteiger partial charge is 0.354 e. The summed E-state index contributed by atoms with van der Waals surface area (Å²) in [5, 5.41) is 6.59. The van der Waals surface area contributed by atoms with Crippen molar-refractivity contribution in [2.45, 2.75) is 52.0 Å². The molecule has 2 N–H and O–H groups in total. The lowest BCUT2D eigenvalue weighted by Gasteiger charge is -2.32. The second-order valence-electron chi connectivity index (χ2n) is 6.95. The third-order valence-corrected chi connectivity index (χ3v) is 3.83. The minimum absolute atomic E-state index is 0.102. The van der Waals surface area contributed by atoms with E-state index in [4.69, 9.17) is 0 Å². The summed E-state index contributed by atoms with van der Waals surface area (Å²) in [7, 11) is 4.14. The number of nitrogens with one attached hydrogen (secondary N) is 2. The van der Waals surface area contributed by atoms with Gasteiger partial charge in [0.25, 0.3) is 0 Å². The number of hydrogen-bond donors (Lipinski definition) is 2. The van der Waals surface area contributed by atoms with Crippen molar-refractivity contribution in [3.63, 3.8) is 0 Å². The average Bonchev–Trinajstić information content (AvgIpc) is 2.74. The summed E-state index contributed by atoms with van der Waals surface area (Å²) in [5.41, 5.74) is -0.200. The molecule has 112 valence electrons. The maximum atomic E-state index is 12.5. The van der Waals surface area contributed by atoms with Gasteiger partial charge in [-0.3, -0.25) is 4.79 Å². The van der Waals surface area contributed by atoms with Crippen LogP contribution in [0.25, 0.3) is 0 Å². The molecule has 0 aromatic carbocycles. The molecule has 4 heteroatoms. The van der Waals surface area contributed by atoms with Gasteiger partial charge in [0.15, 0.2) is 0 Å². The van der Waals surface area contributed by atoms with Gasteiger partial charge in [0.1, 0.15) is 0 Å². The van der Waals surface area contributed by atoms with Gasteiger partial charge in [-0.1, -0.05) is 27.2 Å². The van der Waals surface area contributed by atoms with Crippen LogP contribution in [0.3, 0.4) is 0 Å². The van der Waals surface area contributed by atoms with Crippen LogP contribution in [-0.2, 0) is 4.79 Å². The minimum atomic E-state index is -0.303. The van der Waals surface area contributed by atoms with Gasteiger partial charge >= 0.3 is 0 Å². The summed E-state index contributed by atoms with van der Waals surface area (Å²) in [5.74, 6) is 0.193. The summed E-state index contributed by atoms with van der Waals surface area (Å²) in [4.78, 5) is 14.7. The van der Waals surface area contributed by atoms with E-state index in [1.807, 2.05) is 0 Å². The van der Waals surface area contributed by atoms with Crippen molar-refractivity contribution in [2.24, 2.45) is 5.41 Å². The number of rotatable bonds is 7. The second-order valence-corrected chi connectivity index (χ2v) is 6.95. The summed E-state index contributed by atoms with van der Waals surface area (Å²) >= 11 is 0. The molecule has 0 aliphatic carbocycles. The van der Waals surface area contributed by atoms with Gasteiger partial charge in [-0.05, 0) is 45.3 Å². The Labute approximate surface area is 118 Å². The fraction of sp³-hybridized carbons (Fsp3) is 0.933. The fourth-order valence-electron chi connectivity index (χ4n) is 3.15. The van der Waals surface area contributed by atoms with E-state index < -0.39 is 0 Å². The molecule has 1 heterocycles. The average molecular weight is 269 g/mol. The summed E-state index contributed by atoms with van der Waals surface area (Å²) in [6.07, 6.45) is 4.06. The highest BCUT2D eigenvalue weighted by Gasteiger charge is 2.40. The van der Waals surface area contributed by atoms with E-state index in [0.717, 1.165) is 45.3 Å². The van der Waals surface area contributed by atoms with Crippen molar-refractivity contribution in [3.05, 3.63) is 0 Å². The molecule has 1 atom stereocenters. The molecule has 0 bridgehead atoms. The molecule has 1 aliphatic heterocycles. The Morgan fingerprint density at radius 1 is 1.42 bits per heavy atom. The minimum Gasteiger partial charge on any atom is -0.354 e. The number of carbonyl (C=O) groups excluding carboxylic acids is 1.